The molecule has 2 atom stereocenters. The predicted molar refractivity (Wildman–Crippen MR) is 69.8 cm³/mol. The number of ether oxygens (including phenoxy) is 3. The first-order valence-corrected chi connectivity index (χ1v) is 6.99. The first kappa shape index (κ1) is 12.0. The number of nitrogens with zero attached hydrogens (tertiary/aromatic N) is 1. The van der Waals surface area contributed by atoms with Crippen molar-refractivity contribution >= 4 is 5.97 Å². The van der Waals surface area contributed by atoms with E-state index in [0.717, 1.165) is 12.3 Å². The third-order valence-electron chi connectivity index (χ3n) is 5.16. The number of pyridine rings is 1. The Labute approximate surface area is 117 Å². The maximum Gasteiger partial charge on any atom is 0.356 e. The summed E-state index contributed by atoms with van der Waals surface area (Å²) in [4.78, 5) is 15.6. The molecule has 106 valence electrons. The average Bonchev–Trinajstić information content (AvgIpc) is 2.94. The van der Waals surface area contributed by atoms with Crippen LogP contribution in [0.25, 0.3) is 0 Å². The van der Waals surface area contributed by atoms with Gasteiger partial charge in [-0.15, -0.1) is 0 Å². The topological polar surface area (TPSA) is 57.7 Å². The van der Waals surface area contributed by atoms with Crippen LogP contribution in [-0.4, -0.2) is 30.8 Å². The predicted octanol–water partition coefficient (Wildman–Crippen LogP) is 2.05. The van der Waals surface area contributed by atoms with Gasteiger partial charge in [-0.1, -0.05) is 0 Å². The van der Waals surface area contributed by atoms with E-state index >= 15 is 0 Å². The summed E-state index contributed by atoms with van der Waals surface area (Å²) >= 11 is 0. The molecule has 4 aliphatic rings. The van der Waals surface area contributed by atoms with Crippen molar-refractivity contribution in [1.82, 2.24) is 4.98 Å². The van der Waals surface area contributed by atoms with Crippen LogP contribution in [0.1, 0.15) is 29.8 Å². The van der Waals surface area contributed by atoms with Crippen molar-refractivity contribution in [2.24, 2.45) is 17.8 Å². The van der Waals surface area contributed by atoms with E-state index in [2.05, 4.69) is 4.98 Å². The van der Waals surface area contributed by atoms with E-state index in [0.29, 0.717) is 23.3 Å². The largest absolute Gasteiger partial charge is 0.491 e. The van der Waals surface area contributed by atoms with Gasteiger partial charge in [0, 0.05) is 17.9 Å². The quantitative estimate of drug-likeness (QED) is 0.787. The maximum atomic E-state index is 11.6. The van der Waals surface area contributed by atoms with Gasteiger partial charge in [0.05, 0.1) is 20.4 Å². The van der Waals surface area contributed by atoms with Crippen LogP contribution in [0.4, 0.5) is 0 Å². The fraction of sp³-hybridized carbons (Fsp3) is 0.600. The van der Waals surface area contributed by atoms with Crippen molar-refractivity contribution in [1.29, 1.82) is 0 Å². The summed E-state index contributed by atoms with van der Waals surface area (Å²) in [6.07, 6.45) is 5.25. The molecule has 2 unspecified atom stereocenters. The fourth-order valence-corrected chi connectivity index (χ4v) is 4.31. The fourth-order valence-electron chi connectivity index (χ4n) is 4.31. The molecular weight excluding hydrogens is 258 g/mol. The molecule has 1 aromatic heterocycles. The summed E-state index contributed by atoms with van der Waals surface area (Å²) in [5, 5.41) is 0. The highest BCUT2D eigenvalue weighted by Crippen LogP contribution is 2.74. The molecule has 4 bridgehead atoms. The van der Waals surface area contributed by atoms with Gasteiger partial charge in [0.2, 0.25) is 0 Å². The van der Waals surface area contributed by atoms with E-state index < -0.39 is 5.97 Å². The Morgan fingerprint density at radius 3 is 2.60 bits per heavy atom. The number of hydrogen-bond donors (Lipinski definition) is 0. The number of aromatic nitrogens is 1. The summed E-state index contributed by atoms with van der Waals surface area (Å²) in [5.41, 5.74) is 0.259. The lowest BCUT2D eigenvalue weighted by atomic mass is 10.1. The molecule has 0 radical (unpaired) electrons. The van der Waals surface area contributed by atoms with Crippen molar-refractivity contribution in [2.75, 3.05) is 14.2 Å². The minimum atomic E-state index is -0.460. The normalized spacial score (nSPS) is 35.8. The SMILES string of the molecule is COC(=O)c1cc(OC23CC4CC2C3C4)c(OC)cn1. The molecule has 4 saturated carbocycles. The van der Waals surface area contributed by atoms with E-state index in [1.165, 1.54) is 26.1 Å². The van der Waals surface area contributed by atoms with Crippen LogP contribution in [0.3, 0.4) is 0 Å². The molecule has 0 N–H and O–H groups in total. The number of methoxy groups -OCH3 is 2. The van der Waals surface area contributed by atoms with Crippen molar-refractivity contribution < 1.29 is 19.0 Å². The van der Waals surface area contributed by atoms with Gasteiger partial charge in [-0.2, -0.15) is 0 Å². The summed E-state index contributed by atoms with van der Waals surface area (Å²) in [6.45, 7) is 0. The Morgan fingerprint density at radius 2 is 2.05 bits per heavy atom. The Morgan fingerprint density at radius 1 is 1.30 bits per heavy atom. The molecule has 1 aromatic rings. The Balaban J connectivity index is 1.65. The minimum absolute atomic E-state index is 0.00664. The number of hydrogen-bond acceptors (Lipinski definition) is 5. The molecule has 4 aliphatic carbocycles. The zero-order valence-corrected chi connectivity index (χ0v) is 11.6. The highest BCUT2D eigenvalue weighted by molar-refractivity contribution is 5.87. The molecule has 0 aliphatic heterocycles. The van der Waals surface area contributed by atoms with Gasteiger partial charge in [0.15, 0.2) is 17.2 Å². The first-order valence-electron chi connectivity index (χ1n) is 6.99. The minimum Gasteiger partial charge on any atom is -0.491 e. The van der Waals surface area contributed by atoms with Crippen molar-refractivity contribution in [3.8, 4) is 11.5 Å². The van der Waals surface area contributed by atoms with Crippen molar-refractivity contribution in [3.05, 3.63) is 18.0 Å². The monoisotopic (exact) mass is 275 g/mol. The third-order valence-corrected chi connectivity index (χ3v) is 5.16. The molecule has 20 heavy (non-hydrogen) atoms. The molecule has 5 rings (SSSR count). The van der Waals surface area contributed by atoms with Gasteiger partial charge >= 0.3 is 5.97 Å². The molecule has 4 fully saturated rings. The summed E-state index contributed by atoms with van der Waals surface area (Å²) in [6, 6.07) is 1.63. The maximum absolute atomic E-state index is 11.6. The Hall–Kier alpha value is -1.78. The van der Waals surface area contributed by atoms with Gasteiger partial charge in [-0.05, 0) is 25.2 Å². The molecule has 0 spiro atoms. The van der Waals surface area contributed by atoms with Crippen LogP contribution in [0.2, 0.25) is 0 Å². The second-order valence-corrected chi connectivity index (χ2v) is 6.02. The van der Waals surface area contributed by atoms with Crippen LogP contribution >= 0.6 is 0 Å². The molecule has 0 saturated heterocycles. The van der Waals surface area contributed by atoms with Crippen LogP contribution in [0.5, 0.6) is 11.5 Å². The van der Waals surface area contributed by atoms with Crippen LogP contribution in [0, 0.1) is 17.8 Å². The van der Waals surface area contributed by atoms with Gasteiger partial charge < -0.3 is 14.2 Å². The second kappa shape index (κ2) is 3.87. The van der Waals surface area contributed by atoms with Gasteiger partial charge in [-0.25, -0.2) is 9.78 Å². The van der Waals surface area contributed by atoms with Crippen LogP contribution < -0.4 is 9.47 Å². The lowest BCUT2D eigenvalue weighted by molar-refractivity contribution is 0.0592. The number of rotatable bonds is 4. The Bertz CT molecular complexity index is 573. The smallest absolute Gasteiger partial charge is 0.356 e. The highest BCUT2D eigenvalue weighted by atomic mass is 16.5. The molecular formula is C15H17NO4. The van der Waals surface area contributed by atoms with Crippen molar-refractivity contribution in [2.45, 2.75) is 24.9 Å². The van der Waals surface area contributed by atoms with E-state index in [1.54, 1.807) is 13.2 Å². The van der Waals surface area contributed by atoms with E-state index in [1.807, 2.05) is 0 Å². The zero-order chi connectivity index (χ0) is 13.9. The zero-order valence-electron chi connectivity index (χ0n) is 11.6. The van der Waals surface area contributed by atoms with Gasteiger partial charge in [-0.3, -0.25) is 0 Å². The first-order chi connectivity index (χ1) is 9.68. The molecule has 1 heterocycles. The molecule has 5 nitrogen and oxygen atoms in total. The van der Waals surface area contributed by atoms with Crippen LogP contribution in [-0.2, 0) is 4.74 Å². The third kappa shape index (κ3) is 1.43. The molecule has 5 heteroatoms. The van der Waals surface area contributed by atoms with E-state index in [-0.39, 0.29) is 11.3 Å². The summed E-state index contributed by atoms with van der Waals surface area (Å²) < 4.78 is 16.3. The van der Waals surface area contributed by atoms with E-state index in [9.17, 15) is 4.79 Å². The van der Waals surface area contributed by atoms with Crippen molar-refractivity contribution in [3.63, 3.8) is 0 Å². The van der Waals surface area contributed by atoms with E-state index in [4.69, 9.17) is 14.2 Å². The highest BCUT2D eigenvalue weighted by Gasteiger charge is 2.77. The molecule has 0 aromatic carbocycles. The van der Waals surface area contributed by atoms with Crippen LogP contribution in [0.15, 0.2) is 12.3 Å². The van der Waals surface area contributed by atoms with Gasteiger partial charge in [0.25, 0.3) is 0 Å². The van der Waals surface area contributed by atoms with Gasteiger partial charge in [0.1, 0.15) is 5.60 Å². The number of carbonyl (C=O) groups excluding carboxylic acids is 1. The lowest BCUT2D eigenvalue weighted by Crippen LogP contribution is -2.19. The second-order valence-electron chi connectivity index (χ2n) is 6.02. The number of carbonyl (C=O) groups is 1. The summed E-state index contributed by atoms with van der Waals surface area (Å²) in [5.74, 6) is 2.95. The standard InChI is InChI=1S/C15H17NO4/c1-18-13-7-16-11(14(17)19-2)5-12(13)20-15-6-8-3-9(15)10(15)4-8/h5,7-10H,3-4,6H2,1-2H3. The summed E-state index contributed by atoms with van der Waals surface area (Å²) in [7, 11) is 2.93. The Kier molecular flexibility index (Phi) is 2.32. The lowest BCUT2D eigenvalue weighted by Gasteiger charge is -2.18. The number of esters is 1. The average molecular weight is 275 g/mol. The molecule has 0 amide bonds.